The van der Waals surface area contributed by atoms with E-state index in [0.29, 0.717) is 0 Å². The third-order valence-corrected chi connectivity index (χ3v) is 1.98. The highest BCUT2D eigenvalue weighted by Gasteiger charge is 2.24. The first-order valence-corrected chi connectivity index (χ1v) is 3.82. The van der Waals surface area contributed by atoms with Gasteiger partial charge in [-0.05, 0) is 0 Å². The summed E-state index contributed by atoms with van der Waals surface area (Å²) in [6.07, 6.45) is 0. The number of nitrogens with two attached hydrogens (primary N) is 1. The molecule has 1 aromatic carbocycles. The molecule has 14 heavy (non-hydrogen) atoms. The molecule has 0 fully saturated rings. The summed E-state index contributed by atoms with van der Waals surface area (Å²) in [5.74, 6) is -1.11. The van der Waals surface area contributed by atoms with Crippen LogP contribution in [0.15, 0.2) is 6.07 Å². The smallest absolute Gasteiger partial charge is 0.329 e. The monoisotopic (exact) mass is 220 g/mol. The summed E-state index contributed by atoms with van der Waals surface area (Å²) >= 11 is 5.59. The Morgan fingerprint density at radius 1 is 1.71 bits per heavy atom. The van der Waals surface area contributed by atoms with Crippen molar-refractivity contribution >= 4 is 23.0 Å². The highest BCUT2D eigenvalue weighted by Crippen LogP contribution is 2.38. The normalized spacial score (nSPS) is 9.93. The van der Waals surface area contributed by atoms with Gasteiger partial charge in [0.1, 0.15) is 16.5 Å². The van der Waals surface area contributed by atoms with Crippen LogP contribution in [0, 0.1) is 15.9 Å². The van der Waals surface area contributed by atoms with Crippen LogP contribution in [-0.4, -0.2) is 12.0 Å². The second kappa shape index (κ2) is 3.67. The van der Waals surface area contributed by atoms with Gasteiger partial charge in [-0.15, -0.1) is 0 Å². The summed E-state index contributed by atoms with van der Waals surface area (Å²) in [5, 5.41) is 10.2. The Bertz CT molecular complexity index is 397. The maximum absolute atomic E-state index is 13.1. The molecule has 0 saturated heterocycles. The lowest BCUT2D eigenvalue weighted by molar-refractivity contribution is -0.386. The van der Waals surface area contributed by atoms with Crippen LogP contribution in [-0.2, 0) is 0 Å². The Hall–Kier alpha value is -1.56. The van der Waals surface area contributed by atoms with E-state index in [1.54, 1.807) is 0 Å². The molecule has 0 unspecified atom stereocenters. The number of rotatable bonds is 2. The fourth-order valence-corrected chi connectivity index (χ4v) is 1.17. The molecule has 0 amide bonds. The number of hydrogen-bond acceptors (Lipinski definition) is 4. The summed E-state index contributed by atoms with van der Waals surface area (Å²) in [6, 6.07) is 0.816. The molecule has 0 atom stereocenters. The lowest BCUT2D eigenvalue weighted by Crippen LogP contribution is -2.01. The number of nitrogens with zero attached hydrogens (tertiary/aromatic N) is 1. The van der Waals surface area contributed by atoms with Crippen molar-refractivity contribution < 1.29 is 14.1 Å². The van der Waals surface area contributed by atoms with Crippen LogP contribution in [0.4, 0.5) is 15.8 Å². The van der Waals surface area contributed by atoms with Crippen LogP contribution in [0.2, 0.25) is 5.02 Å². The third-order valence-electron chi connectivity index (χ3n) is 1.59. The summed E-state index contributed by atoms with van der Waals surface area (Å²) in [7, 11) is 1.26. The summed E-state index contributed by atoms with van der Waals surface area (Å²) < 4.78 is 17.7. The quantitative estimate of drug-likeness (QED) is 0.470. The van der Waals surface area contributed by atoms with Gasteiger partial charge >= 0.3 is 5.69 Å². The first-order chi connectivity index (χ1) is 6.49. The molecule has 0 aliphatic carbocycles. The number of nitro groups is 1. The van der Waals surface area contributed by atoms with Crippen molar-refractivity contribution in [2.75, 3.05) is 12.8 Å². The minimum absolute atomic E-state index is 0.0349. The van der Waals surface area contributed by atoms with Gasteiger partial charge in [0.2, 0.25) is 5.82 Å². The fourth-order valence-electron chi connectivity index (χ4n) is 0.946. The number of hydrogen-bond donors (Lipinski definition) is 1. The van der Waals surface area contributed by atoms with E-state index in [1.165, 1.54) is 7.11 Å². The zero-order valence-electron chi connectivity index (χ0n) is 7.08. The van der Waals surface area contributed by atoms with E-state index in [0.717, 1.165) is 6.07 Å². The van der Waals surface area contributed by atoms with Crippen LogP contribution < -0.4 is 10.5 Å². The van der Waals surface area contributed by atoms with E-state index in [1.807, 2.05) is 0 Å². The van der Waals surface area contributed by atoms with Crippen molar-refractivity contribution in [1.29, 1.82) is 0 Å². The van der Waals surface area contributed by atoms with Gasteiger partial charge in [-0.2, -0.15) is 4.39 Å². The molecule has 7 heteroatoms. The molecule has 0 aromatic heterocycles. The van der Waals surface area contributed by atoms with Gasteiger partial charge in [0.15, 0.2) is 0 Å². The largest absolute Gasteiger partial charge is 0.495 e. The minimum Gasteiger partial charge on any atom is -0.495 e. The van der Waals surface area contributed by atoms with E-state index in [2.05, 4.69) is 4.74 Å². The van der Waals surface area contributed by atoms with E-state index in [9.17, 15) is 14.5 Å². The first kappa shape index (κ1) is 10.5. The minimum atomic E-state index is -1.08. The lowest BCUT2D eigenvalue weighted by atomic mass is 10.2. The molecular formula is C7H6ClFN2O3. The number of anilines is 1. The average Bonchev–Trinajstić information content (AvgIpc) is 2.10. The molecule has 0 saturated carbocycles. The molecular weight excluding hydrogens is 215 g/mol. The second-order valence-electron chi connectivity index (χ2n) is 2.39. The first-order valence-electron chi connectivity index (χ1n) is 3.45. The zero-order chi connectivity index (χ0) is 10.9. The summed E-state index contributed by atoms with van der Waals surface area (Å²) in [6.45, 7) is 0. The van der Waals surface area contributed by atoms with Gasteiger partial charge in [-0.1, -0.05) is 11.6 Å². The van der Waals surface area contributed by atoms with Gasteiger partial charge in [0.25, 0.3) is 0 Å². The number of halogens is 2. The zero-order valence-corrected chi connectivity index (χ0v) is 7.84. The molecule has 0 bridgehead atoms. The van der Waals surface area contributed by atoms with Crippen LogP contribution in [0.5, 0.6) is 5.75 Å². The Morgan fingerprint density at radius 3 is 2.71 bits per heavy atom. The second-order valence-corrected chi connectivity index (χ2v) is 2.77. The number of nitrogen functional groups attached to an aromatic ring is 1. The van der Waals surface area contributed by atoms with Gasteiger partial charge < -0.3 is 10.5 Å². The standard InChI is InChI=1S/C7H6ClFN2O3/c1-14-4-2-3(9)7(11(12)13)6(10)5(4)8/h2H,10H2,1H3. The Morgan fingerprint density at radius 2 is 2.29 bits per heavy atom. The maximum atomic E-state index is 13.1. The number of nitro benzene ring substituents is 1. The van der Waals surface area contributed by atoms with Crippen LogP contribution >= 0.6 is 11.6 Å². The van der Waals surface area contributed by atoms with Crippen molar-refractivity contribution in [2.24, 2.45) is 0 Å². The Kier molecular flexibility index (Phi) is 2.76. The molecule has 0 radical (unpaired) electrons. The maximum Gasteiger partial charge on any atom is 0.329 e. The predicted octanol–water partition coefficient (Wildman–Crippen LogP) is 1.98. The highest BCUT2D eigenvalue weighted by molar-refractivity contribution is 6.35. The Balaban J connectivity index is 3.49. The molecule has 1 aromatic rings. The molecule has 0 aliphatic rings. The van der Waals surface area contributed by atoms with E-state index < -0.39 is 22.1 Å². The molecule has 2 N–H and O–H groups in total. The van der Waals surface area contributed by atoms with Crippen molar-refractivity contribution in [2.45, 2.75) is 0 Å². The highest BCUT2D eigenvalue weighted by atomic mass is 35.5. The van der Waals surface area contributed by atoms with Crippen molar-refractivity contribution in [3.05, 3.63) is 27.0 Å². The average molecular weight is 221 g/mol. The molecule has 5 nitrogen and oxygen atoms in total. The molecule has 1 rings (SSSR count). The summed E-state index contributed by atoms with van der Waals surface area (Å²) in [4.78, 5) is 9.45. The molecule has 0 aliphatic heterocycles. The van der Waals surface area contributed by atoms with Crippen molar-refractivity contribution in [3.63, 3.8) is 0 Å². The van der Waals surface area contributed by atoms with Gasteiger partial charge in [0, 0.05) is 6.07 Å². The topological polar surface area (TPSA) is 78.4 Å². The van der Waals surface area contributed by atoms with E-state index in [4.69, 9.17) is 17.3 Å². The van der Waals surface area contributed by atoms with Crippen molar-refractivity contribution in [3.8, 4) is 5.75 Å². The SMILES string of the molecule is COc1cc(F)c([N+](=O)[O-])c(N)c1Cl. The number of ether oxygens (including phenoxy) is 1. The molecule has 0 heterocycles. The van der Waals surface area contributed by atoms with Gasteiger partial charge in [-0.25, -0.2) is 0 Å². The predicted molar refractivity (Wildman–Crippen MR) is 49.0 cm³/mol. The Labute approximate surface area is 83.4 Å². The fraction of sp³-hybridized carbons (Fsp3) is 0.143. The summed E-state index contributed by atoms with van der Waals surface area (Å²) in [5.41, 5.74) is 3.99. The third kappa shape index (κ3) is 1.56. The molecule has 0 spiro atoms. The van der Waals surface area contributed by atoms with Crippen molar-refractivity contribution in [1.82, 2.24) is 0 Å². The van der Waals surface area contributed by atoms with Crippen LogP contribution in [0.25, 0.3) is 0 Å². The lowest BCUT2D eigenvalue weighted by Gasteiger charge is -2.06. The van der Waals surface area contributed by atoms with E-state index >= 15 is 0 Å². The van der Waals surface area contributed by atoms with Gasteiger partial charge in [0.05, 0.1) is 12.0 Å². The number of methoxy groups -OCH3 is 1. The van der Waals surface area contributed by atoms with Gasteiger partial charge in [-0.3, -0.25) is 10.1 Å². The van der Waals surface area contributed by atoms with Crippen LogP contribution in [0.1, 0.15) is 0 Å². The molecule has 76 valence electrons. The number of benzene rings is 1. The van der Waals surface area contributed by atoms with E-state index in [-0.39, 0.29) is 10.8 Å². The van der Waals surface area contributed by atoms with Crippen LogP contribution in [0.3, 0.4) is 0 Å².